The summed E-state index contributed by atoms with van der Waals surface area (Å²) in [4.78, 5) is 45.0. The van der Waals surface area contributed by atoms with Crippen LogP contribution in [0.4, 0.5) is 0 Å². The predicted molar refractivity (Wildman–Crippen MR) is 131 cm³/mol. The molecule has 0 unspecified atom stereocenters. The highest BCUT2D eigenvalue weighted by molar-refractivity contribution is 5.97. The average Bonchev–Trinajstić information content (AvgIpc) is 3.15. The number of benzene rings is 1. The van der Waals surface area contributed by atoms with E-state index in [0.717, 1.165) is 16.6 Å². The lowest BCUT2D eigenvalue weighted by Gasteiger charge is -2.35. The summed E-state index contributed by atoms with van der Waals surface area (Å²) < 4.78 is 12.2. The molecule has 1 N–H and O–H groups in total. The Morgan fingerprint density at radius 2 is 1.74 bits per heavy atom. The SMILES string of the molecule is COc1ccc(C(=O)N2CCN(C(=O)CCc3c(C)c4c(C)nn(C)c4[nH]c3=O)CC2)c(OC)c1. The zero-order valence-electron chi connectivity index (χ0n) is 20.8. The van der Waals surface area contributed by atoms with Gasteiger partial charge in [0.1, 0.15) is 17.1 Å². The van der Waals surface area contributed by atoms with E-state index in [1.165, 1.54) is 7.11 Å². The van der Waals surface area contributed by atoms with Gasteiger partial charge in [-0.2, -0.15) is 5.10 Å². The number of aromatic amines is 1. The number of methoxy groups -OCH3 is 2. The van der Waals surface area contributed by atoms with Gasteiger partial charge in [0, 0.05) is 56.7 Å². The number of H-pyrrole nitrogens is 1. The molecule has 0 saturated carbocycles. The monoisotopic (exact) mass is 481 g/mol. The van der Waals surface area contributed by atoms with E-state index in [4.69, 9.17) is 9.47 Å². The largest absolute Gasteiger partial charge is 0.497 e. The molecule has 3 aromatic rings. The number of aromatic nitrogens is 3. The van der Waals surface area contributed by atoms with Crippen LogP contribution in [0.25, 0.3) is 11.0 Å². The molecule has 35 heavy (non-hydrogen) atoms. The Morgan fingerprint density at radius 3 is 2.40 bits per heavy atom. The Labute approximate surface area is 203 Å². The molecular formula is C25H31N5O5. The minimum Gasteiger partial charge on any atom is -0.497 e. The smallest absolute Gasteiger partial charge is 0.257 e. The van der Waals surface area contributed by atoms with Crippen LogP contribution in [0.2, 0.25) is 0 Å². The Hall–Kier alpha value is -3.82. The van der Waals surface area contributed by atoms with E-state index >= 15 is 0 Å². The fourth-order valence-corrected chi connectivity index (χ4v) is 4.75. The Bertz CT molecular complexity index is 1330. The lowest BCUT2D eigenvalue weighted by atomic mass is 10.0. The van der Waals surface area contributed by atoms with Crippen molar-refractivity contribution in [1.29, 1.82) is 0 Å². The van der Waals surface area contributed by atoms with E-state index in [0.29, 0.717) is 60.9 Å². The highest BCUT2D eigenvalue weighted by atomic mass is 16.5. The molecule has 2 aromatic heterocycles. The first-order valence-electron chi connectivity index (χ1n) is 11.6. The number of aryl methyl sites for hydroxylation is 3. The molecule has 2 amide bonds. The first-order valence-corrected chi connectivity index (χ1v) is 11.6. The maximum Gasteiger partial charge on any atom is 0.257 e. The molecular weight excluding hydrogens is 450 g/mol. The van der Waals surface area contributed by atoms with Crippen LogP contribution in [-0.2, 0) is 18.3 Å². The number of rotatable bonds is 6. The molecule has 186 valence electrons. The Kier molecular flexibility index (Phi) is 6.81. The van der Waals surface area contributed by atoms with E-state index < -0.39 is 0 Å². The van der Waals surface area contributed by atoms with Gasteiger partial charge in [-0.25, -0.2) is 0 Å². The lowest BCUT2D eigenvalue weighted by Crippen LogP contribution is -2.50. The van der Waals surface area contributed by atoms with Crippen molar-refractivity contribution in [1.82, 2.24) is 24.6 Å². The number of hydrogen-bond donors (Lipinski definition) is 1. The summed E-state index contributed by atoms with van der Waals surface area (Å²) in [6, 6.07) is 5.10. The molecule has 0 spiro atoms. The van der Waals surface area contributed by atoms with Crippen LogP contribution in [0.3, 0.4) is 0 Å². The second kappa shape index (κ2) is 9.81. The lowest BCUT2D eigenvalue weighted by molar-refractivity contribution is -0.132. The molecule has 0 bridgehead atoms. The van der Waals surface area contributed by atoms with Crippen molar-refractivity contribution in [2.45, 2.75) is 26.7 Å². The minimum atomic E-state index is -0.186. The van der Waals surface area contributed by atoms with Crippen molar-refractivity contribution >= 4 is 22.8 Å². The van der Waals surface area contributed by atoms with Crippen molar-refractivity contribution in [3.05, 3.63) is 50.9 Å². The normalized spacial score (nSPS) is 13.9. The fraction of sp³-hybridized carbons (Fsp3) is 0.440. The number of nitrogens with zero attached hydrogens (tertiary/aromatic N) is 4. The van der Waals surface area contributed by atoms with E-state index in [1.807, 2.05) is 13.8 Å². The molecule has 1 fully saturated rings. The van der Waals surface area contributed by atoms with Crippen LogP contribution < -0.4 is 15.0 Å². The van der Waals surface area contributed by atoms with Gasteiger partial charge in [0.2, 0.25) is 5.91 Å². The molecule has 1 aliphatic heterocycles. The summed E-state index contributed by atoms with van der Waals surface area (Å²) in [7, 11) is 4.87. The van der Waals surface area contributed by atoms with E-state index in [9.17, 15) is 14.4 Å². The highest BCUT2D eigenvalue weighted by Gasteiger charge is 2.27. The van der Waals surface area contributed by atoms with Gasteiger partial charge < -0.3 is 24.3 Å². The number of piperazine rings is 1. The summed E-state index contributed by atoms with van der Waals surface area (Å²) in [5.41, 5.74) is 3.29. The number of pyridine rings is 1. The number of carbonyl (C=O) groups excluding carboxylic acids is 2. The van der Waals surface area contributed by atoms with E-state index in [1.54, 1.807) is 46.8 Å². The van der Waals surface area contributed by atoms with Crippen LogP contribution in [0.5, 0.6) is 11.5 Å². The fourth-order valence-electron chi connectivity index (χ4n) is 4.75. The first kappa shape index (κ1) is 24.3. The third-order valence-electron chi connectivity index (χ3n) is 6.70. The molecule has 10 heteroatoms. The van der Waals surface area contributed by atoms with Gasteiger partial charge in [0.25, 0.3) is 11.5 Å². The van der Waals surface area contributed by atoms with Crippen molar-refractivity contribution in [2.75, 3.05) is 40.4 Å². The third kappa shape index (κ3) is 4.60. The maximum atomic E-state index is 13.0. The molecule has 0 radical (unpaired) electrons. The van der Waals surface area contributed by atoms with Gasteiger partial charge in [-0.1, -0.05) is 0 Å². The summed E-state index contributed by atoms with van der Waals surface area (Å²) in [6.07, 6.45) is 0.585. The molecule has 0 atom stereocenters. The topological polar surface area (TPSA) is 110 Å². The third-order valence-corrected chi connectivity index (χ3v) is 6.70. The van der Waals surface area contributed by atoms with Crippen LogP contribution in [-0.4, -0.2) is 76.8 Å². The van der Waals surface area contributed by atoms with Gasteiger partial charge in [-0.15, -0.1) is 0 Å². The Morgan fingerprint density at radius 1 is 1.06 bits per heavy atom. The molecule has 3 heterocycles. The van der Waals surface area contributed by atoms with Gasteiger partial charge in [-0.3, -0.25) is 19.1 Å². The van der Waals surface area contributed by atoms with Crippen molar-refractivity contribution in [3.63, 3.8) is 0 Å². The quantitative estimate of drug-likeness (QED) is 0.575. The number of carbonyl (C=O) groups is 2. The number of fused-ring (bicyclic) bond motifs is 1. The average molecular weight is 482 g/mol. The van der Waals surface area contributed by atoms with Crippen LogP contribution in [0.1, 0.15) is 33.6 Å². The minimum absolute atomic E-state index is 0.0269. The van der Waals surface area contributed by atoms with Crippen molar-refractivity contribution in [2.24, 2.45) is 7.05 Å². The highest BCUT2D eigenvalue weighted by Crippen LogP contribution is 2.26. The van der Waals surface area contributed by atoms with Crippen LogP contribution >= 0.6 is 0 Å². The second-order valence-electron chi connectivity index (χ2n) is 8.73. The number of nitrogens with one attached hydrogen (secondary N) is 1. The zero-order chi connectivity index (χ0) is 25.3. The molecule has 1 aliphatic rings. The summed E-state index contributed by atoms with van der Waals surface area (Å²) in [6.45, 7) is 5.56. The van der Waals surface area contributed by atoms with E-state index in [-0.39, 0.29) is 23.8 Å². The summed E-state index contributed by atoms with van der Waals surface area (Å²) >= 11 is 0. The number of hydrogen-bond acceptors (Lipinski definition) is 6. The molecule has 10 nitrogen and oxygen atoms in total. The second-order valence-corrected chi connectivity index (χ2v) is 8.73. The standard InChI is InChI=1S/C25H31N5O5/c1-15-18(24(32)26-23-22(15)16(2)27-28(23)3)8-9-21(31)29-10-12-30(13-11-29)25(33)19-7-6-17(34-4)14-20(19)35-5/h6-7,14H,8-13H2,1-5H3,(H,26,32). The molecule has 4 rings (SSSR count). The molecule has 1 saturated heterocycles. The predicted octanol–water partition coefficient (Wildman–Crippen LogP) is 1.81. The van der Waals surface area contributed by atoms with E-state index in [2.05, 4.69) is 10.1 Å². The maximum absolute atomic E-state index is 13.0. The Balaban J connectivity index is 1.38. The van der Waals surface area contributed by atoms with Crippen molar-refractivity contribution in [3.8, 4) is 11.5 Å². The molecule has 1 aromatic carbocycles. The van der Waals surface area contributed by atoms with Crippen LogP contribution in [0.15, 0.2) is 23.0 Å². The summed E-state index contributed by atoms with van der Waals surface area (Å²) in [5, 5.41) is 5.32. The van der Waals surface area contributed by atoms with Gasteiger partial charge >= 0.3 is 0 Å². The summed E-state index contributed by atoms with van der Waals surface area (Å²) in [5.74, 6) is 0.898. The first-order chi connectivity index (χ1) is 16.7. The van der Waals surface area contributed by atoms with Gasteiger partial charge in [0.05, 0.1) is 25.5 Å². The number of ether oxygens (including phenoxy) is 2. The van der Waals surface area contributed by atoms with Gasteiger partial charge in [-0.05, 0) is 38.0 Å². The zero-order valence-corrected chi connectivity index (χ0v) is 20.8. The molecule has 0 aliphatic carbocycles. The van der Waals surface area contributed by atoms with Crippen LogP contribution in [0, 0.1) is 13.8 Å². The van der Waals surface area contributed by atoms with Crippen molar-refractivity contribution < 1.29 is 19.1 Å². The van der Waals surface area contributed by atoms with Gasteiger partial charge in [0.15, 0.2) is 0 Å². The number of amides is 2.